The van der Waals surface area contributed by atoms with E-state index in [-0.39, 0.29) is 0 Å². The molecule has 81 heavy (non-hydrogen) atoms. The molecule has 0 radical (unpaired) electrons. The minimum atomic E-state index is 0.843. The quantitative estimate of drug-likeness (QED) is 0.152. The van der Waals surface area contributed by atoms with Crippen LogP contribution in [0.3, 0.4) is 0 Å². The van der Waals surface area contributed by atoms with Crippen molar-refractivity contribution in [2.24, 2.45) is 0 Å². The van der Waals surface area contributed by atoms with E-state index in [1.54, 1.807) is 0 Å². The molecule has 17 aromatic rings. The van der Waals surface area contributed by atoms with Crippen molar-refractivity contribution in [3.05, 3.63) is 279 Å². The third-order valence-corrected chi connectivity index (χ3v) is 16.7. The summed E-state index contributed by atoms with van der Waals surface area (Å²) in [5, 5.41) is 13.6. The van der Waals surface area contributed by atoms with Gasteiger partial charge in [-0.25, -0.2) is 0 Å². The average Bonchev–Trinajstić information content (AvgIpc) is 4.45. The first kappa shape index (κ1) is 45.2. The van der Waals surface area contributed by atoms with Gasteiger partial charge in [0.15, 0.2) is 0 Å². The van der Waals surface area contributed by atoms with Crippen molar-refractivity contribution >= 4 is 143 Å². The van der Waals surface area contributed by atoms with Crippen molar-refractivity contribution in [2.75, 3.05) is 9.80 Å². The van der Waals surface area contributed by atoms with Crippen LogP contribution >= 0.6 is 0 Å². The molecule has 0 aliphatic heterocycles. The first-order chi connectivity index (χ1) is 40.1. The molecule has 0 aliphatic rings. The molecule has 0 N–H and O–H groups in total. The summed E-state index contributed by atoms with van der Waals surface area (Å²) in [6.45, 7) is 2.13. The Balaban J connectivity index is 0.757. The molecule has 0 saturated carbocycles. The minimum absolute atomic E-state index is 0.843. The zero-order valence-electron chi connectivity index (χ0n) is 44.1. The predicted molar refractivity (Wildman–Crippen MR) is 339 cm³/mol. The van der Waals surface area contributed by atoms with Crippen molar-refractivity contribution < 1.29 is 8.83 Å². The van der Waals surface area contributed by atoms with E-state index >= 15 is 0 Å². The van der Waals surface area contributed by atoms with Gasteiger partial charge in [-0.05, 0) is 180 Å². The van der Waals surface area contributed by atoms with Crippen molar-refractivity contribution in [3.63, 3.8) is 0 Å². The summed E-state index contributed by atoms with van der Waals surface area (Å²) in [6, 6.07) is 98.5. The fourth-order valence-electron chi connectivity index (χ4n) is 13.0. The van der Waals surface area contributed by atoms with Gasteiger partial charge in [-0.3, -0.25) is 0 Å². The maximum Gasteiger partial charge on any atom is 0.142 e. The monoisotopic (exact) mass is 1040 g/mol. The summed E-state index contributed by atoms with van der Waals surface area (Å²) < 4.78 is 18.5. The number of aryl methyl sites for hydroxylation is 1. The molecule has 380 valence electrons. The van der Waals surface area contributed by atoms with Gasteiger partial charge in [0.05, 0.1) is 22.1 Å². The second kappa shape index (κ2) is 17.6. The summed E-state index contributed by atoms with van der Waals surface area (Å²) in [5.74, 6) is 0. The van der Waals surface area contributed by atoms with Crippen LogP contribution in [-0.4, -0.2) is 9.13 Å². The lowest BCUT2D eigenvalue weighted by molar-refractivity contribution is 0.651. The number of fused-ring (bicyclic) bond motifs is 14. The SMILES string of the molecule is Cc1c2oc3cc4cc(N(c5ccccc5)c5ccc6c(c5)c5ccccc5n6-c5ccccc5)ccc4cc3c2cc2c1oc1cc3cc(N(c4ccccc4)c4ccc5c(c4)c4ccccc4n5-c4ccccc4)ccc3cc12. The molecular weight excluding hydrogens is 989 g/mol. The Morgan fingerprint density at radius 3 is 1.07 bits per heavy atom. The molecule has 4 aromatic heterocycles. The van der Waals surface area contributed by atoms with E-state index in [2.05, 4.69) is 299 Å². The Morgan fingerprint density at radius 2 is 0.630 bits per heavy atom. The van der Waals surface area contributed by atoms with Crippen LogP contribution in [0.4, 0.5) is 34.1 Å². The lowest BCUT2D eigenvalue weighted by Crippen LogP contribution is -2.09. The molecule has 0 bridgehead atoms. The number of aromatic nitrogens is 2. The molecular formula is C75H48N4O2. The predicted octanol–water partition coefficient (Wildman–Crippen LogP) is 21.2. The Hall–Kier alpha value is -10.8. The molecule has 0 saturated heterocycles. The largest absolute Gasteiger partial charge is 0.456 e. The highest BCUT2D eigenvalue weighted by Crippen LogP contribution is 2.46. The highest BCUT2D eigenvalue weighted by molar-refractivity contribution is 6.20. The fourth-order valence-corrected chi connectivity index (χ4v) is 13.0. The van der Waals surface area contributed by atoms with Crippen LogP contribution in [-0.2, 0) is 0 Å². The first-order valence-electron chi connectivity index (χ1n) is 27.6. The Kier molecular flexibility index (Phi) is 9.83. The lowest BCUT2D eigenvalue weighted by atomic mass is 10.0. The molecule has 0 amide bonds. The van der Waals surface area contributed by atoms with Crippen LogP contribution in [0.2, 0.25) is 0 Å². The van der Waals surface area contributed by atoms with Gasteiger partial charge < -0.3 is 27.8 Å². The number of nitrogens with zero attached hydrogens (tertiary/aromatic N) is 4. The summed E-state index contributed by atoms with van der Waals surface area (Å²) in [5.41, 5.74) is 17.8. The lowest BCUT2D eigenvalue weighted by Gasteiger charge is -2.26. The van der Waals surface area contributed by atoms with Gasteiger partial charge in [0.1, 0.15) is 22.3 Å². The molecule has 17 rings (SSSR count). The smallest absolute Gasteiger partial charge is 0.142 e. The molecule has 0 unspecified atom stereocenters. The molecule has 13 aromatic carbocycles. The van der Waals surface area contributed by atoms with Crippen LogP contribution < -0.4 is 9.80 Å². The number of para-hydroxylation sites is 6. The third-order valence-electron chi connectivity index (χ3n) is 16.7. The number of benzene rings is 13. The Bertz CT molecular complexity index is 5030. The van der Waals surface area contributed by atoms with Gasteiger partial charge in [-0.1, -0.05) is 121 Å². The molecule has 0 aliphatic carbocycles. The molecule has 6 nitrogen and oxygen atoms in total. The van der Waals surface area contributed by atoms with E-state index < -0.39 is 0 Å². The first-order valence-corrected chi connectivity index (χ1v) is 27.6. The standard InChI is InChI=1S/C75H48N4O2/c1-47-74-66(64-40-48-30-32-56(38-50(48)42-72(64)80-74)76(52-18-6-2-7-19-52)58-34-36-70-62(44-58)60-26-14-16-28-68(60)78(70)54-22-10-4-11-23-54)46-67-65-41-49-31-33-57(39-51(49)43-73(65)81-75(47)67)77(53-20-8-3-9-21-53)59-35-37-71-63(45-59)61-27-15-17-29-69(61)79(71)55-24-12-5-13-25-55/h2-46H,1H3. The number of hydrogen-bond acceptors (Lipinski definition) is 4. The van der Waals surface area contributed by atoms with E-state index in [9.17, 15) is 0 Å². The summed E-state index contributed by atoms with van der Waals surface area (Å²) in [7, 11) is 0. The molecule has 4 heterocycles. The highest BCUT2D eigenvalue weighted by atomic mass is 16.3. The zero-order chi connectivity index (χ0) is 53.3. The topological polar surface area (TPSA) is 42.6 Å². The van der Waals surface area contributed by atoms with Crippen molar-refractivity contribution in [1.82, 2.24) is 9.13 Å². The third kappa shape index (κ3) is 7.00. The molecule has 0 fully saturated rings. The Morgan fingerprint density at radius 1 is 0.259 bits per heavy atom. The minimum Gasteiger partial charge on any atom is -0.456 e. The van der Waals surface area contributed by atoms with Gasteiger partial charge in [-0.2, -0.15) is 0 Å². The number of rotatable bonds is 8. The number of hydrogen-bond donors (Lipinski definition) is 0. The van der Waals surface area contributed by atoms with Crippen LogP contribution in [0.1, 0.15) is 5.56 Å². The maximum atomic E-state index is 6.89. The van der Waals surface area contributed by atoms with Crippen molar-refractivity contribution in [1.29, 1.82) is 0 Å². The highest BCUT2D eigenvalue weighted by Gasteiger charge is 2.23. The van der Waals surface area contributed by atoms with Crippen LogP contribution in [0, 0.1) is 6.92 Å². The fraction of sp³-hybridized carbons (Fsp3) is 0.0133. The van der Waals surface area contributed by atoms with Gasteiger partial charge in [0.25, 0.3) is 0 Å². The van der Waals surface area contributed by atoms with Crippen molar-refractivity contribution in [2.45, 2.75) is 6.92 Å². The van der Waals surface area contributed by atoms with Crippen molar-refractivity contribution in [3.8, 4) is 11.4 Å². The second-order valence-electron chi connectivity index (χ2n) is 21.3. The summed E-state index contributed by atoms with van der Waals surface area (Å²) >= 11 is 0. The Labute approximate surface area is 465 Å². The van der Waals surface area contributed by atoms with E-state index in [4.69, 9.17) is 8.83 Å². The van der Waals surface area contributed by atoms with Crippen LogP contribution in [0.15, 0.2) is 282 Å². The van der Waals surface area contributed by atoms with Crippen LogP contribution in [0.25, 0.3) is 120 Å². The van der Waals surface area contributed by atoms with E-state index in [0.29, 0.717) is 0 Å². The van der Waals surface area contributed by atoms with Gasteiger partial charge in [0.2, 0.25) is 0 Å². The van der Waals surface area contributed by atoms with Gasteiger partial charge in [0, 0.05) is 94.2 Å². The maximum absolute atomic E-state index is 6.89. The average molecular weight is 1040 g/mol. The van der Waals surface area contributed by atoms with E-state index in [1.165, 1.54) is 43.6 Å². The number of furan rings is 2. The second-order valence-corrected chi connectivity index (χ2v) is 21.3. The normalized spacial score (nSPS) is 12.0. The zero-order valence-corrected chi connectivity index (χ0v) is 44.1. The van der Waals surface area contributed by atoms with Crippen LogP contribution in [0.5, 0.6) is 0 Å². The summed E-state index contributed by atoms with van der Waals surface area (Å²) in [4.78, 5) is 4.72. The van der Waals surface area contributed by atoms with Gasteiger partial charge in [-0.15, -0.1) is 0 Å². The molecule has 6 heteroatoms. The molecule has 0 spiro atoms. The summed E-state index contributed by atoms with van der Waals surface area (Å²) in [6.07, 6.45) is 0. The molecule has 0 atom stereocenters. The van der Waals surface area contributed by atoms with Gasteiger partial charge >= 0.3 is 0 Å². The van der Waals surface area contributed by atoms with E-state index in [0.717, 1.165) is 116 Å². The van der Waals surface area contributed by atoms with E-state index in [1.807, 2.05) is 0 Å². The number of anilines is 6.